The van der Waals surface area contributed by atoms with Gasteiger partial charge in [-0.05, 0) is 24.6 Å². The summed E-state index contributed by atoms with van der Waals surface area (Å²) in [5, 5.41) is 35.6. The molecule has 1 aromatic carbocycles. The van der Waals surface area contributed by atoms with Crippen molar-refractivity contribution in [1.82, 2.24) is 25.9 Å². The van der Waals surface area contributed by atoms with Gasteiger partial charge in [-0.3, -0.25) is 19.2 Å². The number of imidazole rings is 1. The van der Waals surface area contributed by atoms with Gasteiger partial charge in [0.05, 0.1) is 18.9 Å². The van der Waals surface area contributed by atoms with E-state index < -0.39 is 66.3 Å². The van der Waals surface area contributed by atoms with E-state index in [4.69, 9.17) is 11.5 Å². The van der Waals surface area contributed by atoms with Crippen molar-refractivity contribution in [2.75, 3.05) is 0 Å². The molecule has 0 spiro atoms. The topological polar surface area (TPSA) is 263 Å². The number of hydrogen-bond donors (Lipinski definition) is 9. The van der Waals surface area contributed by atoms with E-state index in [-0.39, 0.29) is 18.6 Å². The number of carboxylic acid groups (broad SMARTS) is 1. The second-order valence-electron chi connectivity index (χ2n) is 8.61. The predicted octanol–water partition coefficient (Wildman–Crippen LogP) is -2.98. The molecule has 0 fully saturated rings. The molecule has 0 aliphatic heterocycles. The van der Waals surface area contributed by atoms with Crippen molar-refractivity contribution in [3.8, 4) is 5.75 Å². The first-order valence-corrected chi connectivity index (χ1v) is 11.5. The smallest absolute Gasteiger partial charge is 0.326 e. The van der Waals surface area contributed by atoms with Gasteiger partial charge in [0.2, 0.25) is 23.6 Å². The van der Waals surface area contributed by atoms with Gasteiger partial charge in [0, 0.05) is 24.7 Å². The molecule has 15 heteroatoms. The van der Waals surface area contributed by atoms with Crippen LogP contribution >= 0.6 is 0 Å². The number of primary amides is 1. The number of carbonyl (C=O) groups excluding carboxylic acids is 4. The molecule has 4 amide bonds. The molecule has 5 unspecified atom stereocenters. The number of aliphatic hydroxyl groups excluding tert-OH is 1. The Morgan fingerprint density at radius 3 is 2.00 bits per heavy atom. The number of aromatic nitrogens is 2. The van der Waals surface area contributed by atoms with Crippen LogP contribution in [0, 0.1) is 0 Å². The Morgan fingerprint density at radius 2 is 1.50 bits per heavy atom. The van der Waals surface area contributed by atoms with Gasteiger partial charge in [-0.1, -0.05) is 12.1 Å². The number of nitrogens with one attached hydrogen (secondary N) is 4. The highest BCUT2D eigenvalue weighted by atomic mass is 16.4. The number of carboxylic acids is 1. The van der Waals surface area contributed by atoms with Gasteiger partial charge in [-0.25, -0.2) is 9.78 Å². The highest BCUT2D eigenvalue weighted by Gasteiger charge is 2.32. The lowest BCUT2D eigenvalue weighted by atomic mass is 10.0. The van der Waals surface area contributed by atoms with Gasteiger partial charge < -0.3 is 47.7 Å². The number of H-pyrrole nitrogens is 1. The monoisotopic (exact) mass is 533 g/mol. The largest absolute Gasteiger partial charge is 0.508 e. The fraction of sp³-hybridized carbons (Fsp3) is 0.391. The molecule has 0 radical (unpaired) electrons. The summed E-state index contributed by atoms with van der Waals surface area (Å²) in [7, 11) is 0. The van der Waals surface area contributed by atoms with Crippen LogP contribution in [0.2, 0.25) is 0 Å². The molecule has 5 atom stereocenters. The molecule has 15 nitrogen and oxygen atoms in total. The van der Waals surface area contributed by atoms with Crippen LogP contribution in [0.4, 0.5) is 0 Å². The molecule has 2 aromatic rings. The summed E-state index contributed by atoms with van der Waals surface area (Å²) < 4.78 is 0. The van der Waals surface area contributed by atoms with Gasteiger partial charge in [-0.15, -0.1) is 0 Å². The quantitative estimate of drug-likeness (QED) is 0.119. The van der Waals surface area contributed by atoms with E-state index >= 15 is 0 Å². The summed E-state index contributed by atoms with van der Waals surface area (Å²) in [4.78, 5) is 68.2. The summed E-state index contributed by atoms with van der Waals surface area (Å²) in [6, 6.07) is 0.0707. The predicted molar refractivity (Wildman–Crippen MR) is 131 cm³/mol. The molecule has 0 bridgehead atoms. The number of aromatic amines is 1. The molecule has 0 saturated heterocycles. The highest BCUT2D eigenvalue weighted by molar-refractivity contribution is 5.95. The lowest BCUT2D eigenvalue weighted by Gasteiger charge is -2.25. The number of aliphatic hydroxyl groups is 1. The molecule has 11 N–H and O–H groups in total. The van der Waals surface area contributed by atoms with E-state index in [1.54, 1.807) is 0 Å². The Labute approximate surface area is 217 Å². The van der Waals surface area contributed by atoms with Crippen LogP contribution in [0.1, 0.15) is 24.6 Å². The van der Waals surface area contributed by atoms with Crippen LogP contribution < -0.4 is 27.4 Å². The van der Waals surface area contributed by atoms with Gasteiger partial charge in [-0.2, -0.15) is 0 Å². The third kappa shape index (κ3) is 9.18. The molecular weight excluding hydrogens is 502 g/mol. The fourth-order valence-corrected chi connectivity index (χ4v) is 3.34. The molecular formula is C23H31N7O8. The molecule has 2 rings (SSSR count). The highest BCUT2D eigenvalue weighted by Crippen LogP contribution is 2.12. The lowest BCUT2D eigenvalue weighted by molar-refractivity contribution is -0.143. The second kappa shape index (κ2) is 13.7. The third-order valence-electron chi connectivity index (χ3n) is 5.46. The van der Waals surface area contributed by atoms with Gasteiger partial charge in [0.25, 0.3) is 0 Å². The number of rotatable bonds is 14. The third-order valence-corrected chi connectivity index (χ3v) is 5.46. The zero-order valence-corrected chi connectivity index (χ0v) is 20.5. The minimum atomic E-state index is -1.65. The maximum Gasteiger partial charge on any atom is 0.326 e. The maximum atomic E-state index is 13.3. The van der Waals surface area contributed by atoms with E-state index in [0.29, 0.717) is 11.3 Å². The Morgan fingerprint density at radius 1 is 0.947 bits per heavy atom. The SMILES string of the molecule is CC(O)C(N)C(=O)NC(Cc1cnc[nH]1)C(=O)NC(Cc1ccc(O)cc1)C(=O)NC(CC(N)=O)C(=O)O. The van der Waals surface area contributed by atoms with Crippen LogP contribution in [0.25, 0.3) is 0 Å². The number of phenols is 1. The average Bonchev–Trinajstić information content (AvgIpc) is 3.36. The van der Waals surface area contributed by atoms with Gasteiger partial charge in [0.15, 0.2) is 0 Å². The van der Waals surface area contributed by atoms with Crippen LogP contribution in [-0.4, -0.2) is 85.2 Å². The number of amides is 4. The number of nitrogens with two attached hydrogens (primary N) is 2. The Bertz CT molecular complexity index is 1120. The molecule has 1 aromatic heterocycles. The molecule has 0 aliphatic carbocycles. The summed E-state index contributed by atoms with van der Waals surface area (Å²) in [5.41, 5.74) is 11.7. The zero-order chi connectivity index (χ0) is 28.4. The second-order valence-corrected chi connectivity index (χ2v) is 8.61. The first-order chi connectivity index (χ1) is 17.9. The summed E-state index contributed by atoms with van der Waals surface area (Å²) in [6.07, 6.45) is 0.659. The van der Waals surface area contributed by atoms with Crippen LogP contribution in [0.3, 0.4) is 0 Å². The Hall–Kier alpha value is -4.50. The number of aromatic hydroxyl groups is 1. The van der Waals surface area contributed by atoms with Crippen molar-refractivity contribution >= 4 is 29.6 Å². The van der Waals surface area contributed by atoms with Crippen molar-refractivity contribution < 1.29 is 39.3 Å². The normalized spacial score (nSPS) is 14.8. The number of hydrogen-bond acceptors (Lipinski definition) is 9. The molecule has 0 aliphatic rings. The molecule has 206 valence electrons. The first kappa shape index (κ1) is 29.7. The standard InChI is InChI=1S/C23H31N7O8/c1-11(31)19(25)22(36)29-16(7-13-9-26-10-27-13)21(35)28-15(6-12-2-4-14(32)5-3-12)20(34)30-17(23(37)38)8-18(24)33/h2-5,9-11,15-17,19,31-32H,6-8,25H2,1H3,(H2,24,33)(H,26,27)(H,28,35)(H,29,36)(H,30,34)(H,37,38). The van der Waals surface area contributed by atoms with Crippen molar-refractivity contribution in [3.05, 3.63) is 48.0 Å². The summed E-state index contributed by atoms with van der Waals surface area (Å²) >= 11 is 0. The molecule has 1 heterocycles. The van der Waals surface area contributed by atoms with Crippen molar-refractivity contribution in [2.45, 2.75) is 56.5 Å². The van der Waals surface area contributed by atoms with Crippen molar-refractivity contribution in [3.63, 3.8) is 0 Å². The number of nitrogens with zero attached hydrogens (tertiary/aromatic N) is 1. The van der Waals surface area contributed by atoms with E-state index in [1.807, 2.05) is 0 Å². The summed E-state index contributed by atoms with van der Waals surface area (Å²) in [5.74, 6) is -5.11. The zero-order valence-electron chi connectivity index (χ0n) is 20.5. The van der Waals surface area contributed by atoms with E-state index in [1.165, 1.54) is 43.7 Å². The van der Waals surface area contributed by atoms with E-state index in [0.717, 1.165) is 0 Å². The van der Waals surface area contributed by atoms with E-state index in [9.17, 15) is 39.3 Å². The number of phenolic OH excluding ortho intramolecular Hbond substituents is 1. The lowest BCUT2D eigenvalue weighted by Crippen LogP contribution is -2.59. The van der Waals surface area contributed by atoms with Gasteiger partial charge in [0.1, 0.15) is 29.9 Å². The minimum Gasteiger partial charge on any atom is -0.508 e. The number of benzene rings is 1. The van der Waals surface area contributed by atoms with Crippen LogP contribution in [0.15, 0.2) is 36.8 Å². The fourth-order valence-electron chi connectivity index (χ4n) is 3.34. The van der Waals surface area contributed by atoms with Crippen molar-refractivity contribution in [1.29, 1.82) is 0 Å². The minimum absolute atomic E-state index is 0.0389. The number of carbonyl (C=O) groups is 5. The first-order valence-electron chi connectivity index (χ1n) is 11.5. The Balaban J connectivity index is 2.31. The van der Waals surface area contributed by atoms with Crippen LogP contribution in [0.5, 0.6) is 5.75 Å². The molecule has 0 saturated carbocycles. The molecule has 38 heavy (non-hydrogen) atoms. The summed E-state index contributed by atoms with van der Waals surface area (Å²) in [6.45, 7) is 1.30. The van der Waals surface area contributed by atoms with Gasteiger partial charge >= 0.3 is 5.97 Å². The maximum absolute atomic E-state index is 13.3. The van der Waals surface area contributed by atoms with Crippen molar-refractivity contribution in [2.24, 2.45) is 11.5 Å². The van der Waals surface area contributed by atoms with Crippen LogP contribution in [-0.2, 0) is 36.8 Å². The van der Waals surface area contributed by atoms with E-state index in [2.05, 4.69) is 25.9 Å². The Kier molecular flexibility index (Phi) is 10.7. The average molecular weight is 534 g/mol. The number of aliphatic carboxylic acids is 1.